The lowest BCUT2D eigenvalue weighted by Crippen LogP contribution is -2.62. The Morgan fingerprint density at radius 1 is 1.18 bits per heavy atom. The molecule has 0 aliphatic heterocycles. The normalized spacial score (nSPS) is 12.1. The summed E-state index contributed by atoms with van der Waals surface area (Å²) in [6.07, 6.45) is 6.99. The van der Waals surface area contributed by atoms with Gasteiger partial charge in [-0.1, -0.05) is 39.0 Å². The maximum Gasteiger partial charge on any atom is 0.317 e. The van der Waals surface area contributed by atoms with Gasteiger partial charge < -0.3 is 16.6 Å². The molecular weight excluding hydrogens is 218 g/mol. The van der Waals surface area contributed by atoms with Crippen molar-refractivity contribution in [2.45, 2.75) is 58.2 Å². The molecule has 0 atom stereocenters. The third kappa shape index (κ3) is 9.09. The lowest BCUT2D eigenvalue weighted by atomic mass is 10.1. The molecule has 17 heavy (non-hydrogen) atoms. The van der Waals surface area contributed by atoms with Crippen LogP contribution in [0.3, 0.4) is 0 Å². The summed E-state index contributed by atoms with van der Waals surface area (Å²) in [6.45, 7) is 4.36. The van der Waals surface area contributed by atoms with Gasteiger partial charge in [-0.2, -0.15) is 0 Å². The second-order valence-electron chi connectivity index (χ2n) is 4.81. The minimum Gasteiger partial charge on any atom is -0.480 e. The number of hydrogen-bond acceptors (Lipinski definition) is 4. The van der Waals surface area contributed by atoms with Gasteiger partial charge >= 0.3 is 5.97 Å². The van der Waals surface area contributed by atoms with Crippen molar-refractivity contribution in [3.8, 4) is 0 Å². The maximum absolute atomic E-state index is 10.7. The number of unbranched alkanes of at least 4 members (excludes halogenated alkanes) is 5. The summed E-state index contributed by atoms with van der Waals surface area (Å²) in [5, 5.41) is 8.77. The van der Waals surface area contributed by atoms with E-state index in [-0.39, 0.29) is 6.54 Å². The second kappa shape index (κ2) is 8.44. The zero-order chi connectivity index (χ0) is 13.3. The lowest BCUT2D eigenvalue weighted by molar-refractivity contribution is -0.140. The number of aliphatic carboxylic acids is 1. The van der Waals surface area contributed by atoms with Crippen LogP contribution in [0.2, 0.25) is 0 Å². The van der Waals surface area contributed by atoms with Crippen molar-refractivity contribution in [2.24, 2.45) is 11.5 Å². The van der Waals surface area contributed by atoms with Gasteiger partial charge in [0.25, 0.3) is 0 Å². The standard InChI is InChI=1S/C12H27N3O2/c1-3-4-5-6-7-8-9-15(10-11(16)17)12(2,13)14/h3-10,13-14H2,1-2H3,(H,16,17). The molecule has 5 N–H and O–H groups in total. The fourth-order valence-electron chi connectivity index (χ4n) is 1.74. The van der Waals surface area contributed by atoms with Crippen molar-refractivity contribution in [1.29, 1.82) is 0 Å². The van der Waals surface area contributed by atoms with Crippen molar-refractivity contribution < 1.29 is 9.90 Å². The van der Waals surface area contributed by atoms with Crippen molar-refractivity contribution in [1.82, 2.24) is 4.90 Å². The third-order valence-electron chi connectivity index (χ3n) is 2.79. The molecule has 0 radical (unpaired) electrons. The van der Waals surface area contributed by atoms with Crippen LogP contribution in [-0.2, 0) is 4.79 Å². The molecule has 0 aromatic carbocycles. The van der Waals surface area contributed by atoms with E-state index in [2.05, 4.69) is 6.92 Å². The molecule has 0 fully saturated rings. The summed E-state index contributed by atoms with van der Waals surface area (Å²) in [7, 11) is 0. The molecule has 0 aromatic heterocycles. The summed E-state index contributed by atoms with van der Waals surface area (Å²) < 4.78 is 0. The molecule has 5 nitrogen and oxygen atoms in total. The molecule has 0 aromatic rings. The molecule has 102 valence electrons. The average molecular weight is 245 g/mol. The van der Waals surface area contributed by atoms with Gasteiger partial charge in [-0.3, -0.25) is 9.69 Å². The number of hydrogen-bond donors (Lipinski definition) is 3. The number of carboxylic acids is 1. The number of carboxylic acid groups (broad SMARTS) is 1. The van der Waals surface area contributed by atoms with Gasteiger partial charge in [-0.05, 0) is 13.3 Å². The zero-order valence-electron chi connectivity index (χ0n) is 11.1. The van der Waals surface area contributed by atoms with Crippen LogP contribution in [0.25, 0.3) is 0 Å². The number of rotatable bonds is 10. The summed E-state index contributed by atoms with van der Waals surface area (Å²) in [6, 6.07) is 0. The molecule has 5 heteroatoms. The van der Waals surface area contributed by atoms with Crippen LogP contribution in [0, 0.1) is 0 Å². The quantitative estimate of drug-likeness (QED) is 0.399. The average Bonchev–Trinajstić information content (AvgIpc) is 2.19. The Balaban J connectivity index is 3.81. The Hall–Kier alpha value is -0.650. The maximum atomic E-state index is 10.7. The molecule has 0 aliphatic rings. The Labute approximate surface area is 104 Å². The highest BCUT2D eigenvalue weighted by Gasteiger charge is 2.23. The fourth-order valence-corrected chi connectivity index (χ4v) is 1.74. The fraction of sp³-hybridized carbons (Fsp3) is 0.917. The number of carbonyl (C=O) groups is 1. The largest absolute Gasteiger partial charge is 0.480 e. The molecule has 0 spiro atoms. The van der Waals surface area contributed by atoms with Crippen LogP contribution < -0.4 is 11.5 Å². The van der Waals surface area contributed by atoms with E-state index in [9.17, 15) is 4.79 Å². The van der Waals surface area contributed by atoms with Crippen LogP contribution in [0.15, 0.2) is 0 Å². The highest BCUT2D eigenvalue weighted by atomic mass is 16.4. The van der Waals surface area contributed by atoms with E-state index in [0.717, 1.165) is 12.8 Å². The van der Waals surface area contributed by atoms with Crippen LogP contribution in [0.1, 0.15) is 52.4 Å². The predicted octanol–water partition coefficient (Wildman–Crippen LogP) is 1.32. The molecule has 0 saturated carbocycles. The summed E-state index contributed by atoms with van der Waals surface area (Å²) >= 11 is 0. The number of nitrogens with zero attached hydrogens (tertiary/aromatic N) is 1. The van der Waals surface area contributed by atoms with Crippen molar-refractivity contribution >= 4 is 5.97 Å². The monoisotopic (exact) mass is 245 g/mol. The minimum atomic E-state index is -1.05. The van der Waals surface area contributed by atoms with Crippen molar-refractivity contribution in [2.75, 3.05) is 13.1 Å². The van der Waals surface area contributed by atoms with Crippen LogP contribution in [0.5, 0.6) is 0 Å². The summed E-state index contributed by atoms with van der Waals surface area (Å²) in [5.41, 5.74) is 11.5. The Bertz CT molecular complexity index is 214. The van der Waals surface area contributed by atoms with E-state index < -0.39 is 11.8 Å². The Morgan fingerprint density at radius 2 is 1.71 bits per heavy atom. The van der Waals surface area contributed by atoms with Gasteiger partial charge in [0.15, 0.2) is 0 Å². The topological polar surface area (TPSA) is 92.6 Å². The first-order chi connectivity index (χ1) is 7.88. The molecule has 0 unspecified atom stereocenters. The second-order valence-corrected chi connectivity index (χ2v) is 4.81. The molecule has 0 heterocycles. The zero-order valence-corrected chi connectivity index (χ0v) is 11.1. The van der Waals surface area contributed by atoms with E-state index in [1.807, 2.05) is 0 Å². The third-order valence-corrected chi connectivity index (χ3v) is 2.79. The van der Waals surface area contributed by atoms with Gasteiger partial charge in [0, 0.05) is 6.54 Å². The van der Waals surface area contributed by atoms with Crippen molar-refractivity contribution in [3.63, 3.8) is 0 Å². The highest BCUT2D eigenvalue weighted by Crippen LogP contribution is 2.08. The van der Waals surface area contributed by atoms with Crippen LogP contribution in [-0.4, -0.2) is 34.9 Å². The SMILES string of the molecule is CCCCCCCCN(CC(=O)O)C(C)(N)N. The van der Waals surface area contributed by atoms with Crippen LogP contribution in [0.4, 0.5) is 0 Å². The van der Waals surface area contributed by atoms with Crippen LogP contribution >= 0.6 is 0 Å². The van der Waals surface area contributed by atoms with E-state index >= 15 is 0 Å². The number of nitrogens with two attached hydrogens (primary N) is 2. The summed E-state index contributed by atoms with van der Waals surface area (Å²) in [5.74, 6) is -1.94. The van der Waals surface area contributed by atoms with Gasteiger partial charge in [0.1, 0.15) is 5.79 Å². The molecular formula is C12H27N3O2. The first kappa shape index (κ1) is 16.4. The van der Waals surface area contributed by atoms with E-state index in [1.54, 1.807) is 11.8 Å². The van der Waals surface area contributed by atoms with Crippen molar-refractivity contribution in [3.05, 3.63) is 0 Å². The highest BCUT2D eigenvalue weighted by molar-refractivity contribution is 5.69. The minimum absolute atomic E-state index is 0.0988. The molecule has 0 bridgehead atoms. The van der Waals surface area contributed by atoms with E-state index in [1.165, 1.54) is 25.7 Å². The molecule has 0 amide bonds. The van der Waals surface area contributed by atoms with Gasteiger partial charge in [-0.15, -0.1) is 0 Å². The molecule has 0 saturated heterocycles. The van der Waals surface area contributed by atoms with Gasteiger partial charge in [0.2, 0.25) is 0 Å². The molecule has 0 aliphatic carbocycles. The predicted molar refractivity (Wildman–Crippen MR) is 69.4 cm³/mol. The Kier molecular flexibility index (Phi) is 8.12. The molecule has 0 rings (SSSR count). The van der Waals surface area contributed by atoms with Gasteiger partial charge in [-0.25, -0.2) is 0 Å². The van der Waals surface area contributed by atoms with E-state index in [0.29, 0.717) is 6.54 Å². The van der Waals surface area contributed by atoms with Gasteiger partial charge in [0.05, 0.1) is 6.54 Å². The lowest BCUT2D eigenvalue weighted by Gasteiger charge is -2.33. The Morgan fingerprint density at radius 3 is 2.18 bits per heavy atom. The first-order valence-electron chi connectivity index (χ1n) is 6.42. The van der Waals surface area contributed by atoms with E-state index in [4.69, 9.17) is 16.6 Å². The summed E-state index contributed by atoms with van der Waals surface area (Å²) in [4.78, 5) is 12.3. The smallest absolute Gasteiger partial charge is 0.317 e. The first-order valence-corrected chi connectivity index (χ1v) is 6.42.